The normalized spacial score (nSPS) is 22.2. The zero-order valence-electron chi connectivity index (χ0n) is 24.3. The Bertz CT molecular complexity index is 1320. The number of nitrogens with zero attached hydrogens (tertiary/aromatic N) is 5. The second-order valence-electron chi connectivity index (χ2n) is 12.9. The molecule has 2 unspecified atom stereocenters. The van der Waals surface area contributed by atoms with Crippen LogP contribution in [0.15, 0.2) is 78.8 Å². The van der Waals surface area contributed by atoms with Gasteiger partial charge in [0, 0.05) is 37.7 Å². The number of aromatic nitrogens is 1. The van der Waals surface area contributed by atoms with Gasteiger partial charge in [-0.2, -0.15) is 4.48 Å². The Hall–Kier alpha value is -3.19. The van der Waals surface area contributed by atoms with Gasteiger partial charge in [0.05, 0.1) is 67.1 Å². The first kappa shape index (κ1) is 26.4. The minimum absolute atomic E-state index is 0.509. The minimum Gasteiger partial charge on any atom is -0.439 e. The second-order valence-corrected chi connectivity index (χ2v) is 12.9. The van der Waals surface area contributed by atoms with Gasteiger partial charge in [0.15, 0.2) is 11.9 Å². The van der Waals surface area contributed by atoms with Crippen LogP contribution in [0.5, 0.6) is 5.75 Å². The summed E-state index contributed by atoms with van der Waals surface area (Å²) in [4.78, 5) is 2.14. The van der Waals surface area contributed by atoms with Crippen molar-refractivity contribution in [3.8, 4) is 11.4 Å². The van der Waals surface area contributed by atoms with Crippen LogP contribution < -0.4 is 18.7 Å². The molecule has 38 heavy (non-hydrogen) atoms. The summed E-state index contributed by atoms with van der Waals surface area (Å²) in [5.41, 5.74) is 3.48. The molecule has 3 heterocycles. The van der Waals surface area contributed by atoms with Crippen molar-refractivity contribution in [2.75, 3.05) is 73.9 Å². The molecule has 2 aromatic carbocycles. The summed E-state index contributed by atoms with van der Waals surface area (Å²) in [5.74, 6) is 3.13. The summed E-state index contributed by atoms with van der Waals surface area (Å²) in [7, 11) is 16.0. The van der Waals surface area contributed by atoms with Crippen LogP contribution >= 0.6 is 0 Å². The predicted octanol–water partition coefficient (Wildman–Crippen LogP) is 4.63. The second kappa shape index (κ2) is 9.84. The Balaban J connectivity index is 1.61. The van der Waals surface area contributed by atoms with Crippen molar-refractivity contribution >= 4 is 17.6 Å². The zero-order chi connectivity index (χ0) is 27.1. The lowest BCUT2D eigenvalue weighted by molar-refractivity contribution is -0.915. The molecule has 1 aromatic heterocycles. The molecule has 2 aliphatic heterocycles. The van der Waals surface area contributed by atoms with Crippen LogP contribution in [0.3, 0.4) is 0 Å². The lowest BCUT2D eigenvalue weighted by Gasteiger charge is -2.53. The Morgan fingerprint density at radius 3 is 2.32 bits per heavy atom. The number of benzene rings is 2. The predicted molar refractivity (Wildman–Crippen MR) is 157 cm³/mol. The van der Waals surface area contributed by atoms with E-state index in [-0.39, 0.29) is 0 Å². The molecule has 0 saturated carbocycles. The largest absolute Gasteiger partial charge is 0.439 e. The fourth-order valence-electron chi connectivity index (χ4n) is 6.21. The molecule has 1 saturated heterocycles. The Kier molecular flexibility index (Phi) is 6.84. The maximum atomic E-state index is 6.25. The van der Waals surface area contributed by atoms with Gasteiger partial charge < -0.3 is 14.1 Å². The summed E-state index contributed by atoms with van der Waals surface area (Å²) in [6, 6.07) is 23.7. The number of pyridine rings is 1. The van der Waals surface area contributed by atoms with E-state index in [0.717, 1.165) is 56.0 Å². The van der Waals surface area contributed by atoms with Crippen molar-refractivity contribution in [1.29, 1.82) is 0 Å². The van der Waals surface area contributed by atoms with Crippen molar-refractivity contribution in [3.05, 3.63) is 84.4 Å². The summed E-state index contributed by atoms with van der Waals surface area (Å²) in [6.45, 7) is 3.45. The van der Waals surface area contributed by atoms with Crippen LogP contribution in [0.4, 0.5) is 11.5 Å². The topological polar surface area (TPSA) is 16.4 Å². The third kappa shape index (κ3) is 5.08. The van der Waals surface area contributed by atoms with Crippen LogP contribution in [-0.2, 0) is 0 Å². The van der Waals surface area contributed by atoms with Crippen molar-refractivity contribution in [3.63, 3.8) is 0 Å². The van der Waals surface area contributed by atoms with Gasteiger partial charge in [0.1, 0.15) is 13.0 Å². The molecule has 1 fully saturated rings. The summed E-state index contributed by atoms with van der Waals surface area (Å²) in [6.07, 6.45) is 7.36. The van der Waals surface area contributed by atoms with Crippen LogP contribution in [0, 0.1) is 0 Å². The first-order chi connectivity index (χ1) is 18.0. The van der Waals surface area contributed by atoms with Gasteiger partial charge >= 0.3 is 5.82 Å². The van der Waals surface area contributed by atoms with Crippen molar-refractivity contribution in [2.45, 2.75) is 19.0 Å². The number of quaternary nitrogens is 3. The molecular weight excluding hydrogens is 470 g/mol. The van der Waals surface area contributed by atoms with Gasteiger partial charge in [0.25, 0.3) is 0 Å². The SMILES string of the molecule is CN1C(=Cc2cc[n+](-c3ccccc3)c([N+]3(CCC[N+](C)(C)C)CCC3[N+](C)(C)C)c2)Oc2ccccc21. The molecule has 3 aromatic rings. The molecule has 0 spiro atoms. The van der Waals surface area contributed by atoms with Gasteiger partial charge in [-0.3, -0.25) is 4.48 Å². The number of hydrogen-bond acceptors (Lipinski definition) is 2. The summed E-state index contributed by atoms with van der Waals surface area (Å²) >= 11 is 0. The van der Waals surface area contributed by atoms with E-state index in [4.69, 9.17) is 4.74 Å². The van der Waals surface area contributed by atoms with E-state index in [9.17, 15) is 0 Å². The quantitative estimate of drug-likeness (QED) is 0.321. The number of para-hydroxylation sites is 3. The average molecular weight is 516 g/mol. The average Bonchev–Trinajstić information content (AvgIpc) is 3.15. The van der Waals surface area contributed by atoms with E-state index >= 15 is 0 Å². The lowest BCUT2D eigenvalue weighted by Crippen LogP contribution is -2.78. The third-order valence-electron chi connectivity index (χ3n) is 8.15. The maximum Gasteiger partial charge on any atom is 0.380 e. The van der Waals surface area contributed by atoms with E-state index in [2.05, 4.69) is 126 Å². The van der Waals surface area contributed by atoms with Crippen molar-refractivity contribution in [2.24, 2.45) is 0 Å². The number of anilines is 1. The highest BCUT2D eigenvalue weighted by molar-refractivity contribution is 5.70. The first-order valence-corrected chi connectivity index (χ1v) is 13.8. The molecular formula is C32H45N5O+4. The lowest BCUT2D eigenvalue weighted by atomic mass is 9.99. The molecule has 200 valence electrons. The maximum absolute atomic E-state index is 6.25. The van der Waals surface area contributed by atoms with Crippen LogP contribution in [-0.4, -0.2) is 84.1 Å². The summed E-state index contributed by atoms with van der Waals surface area (Å²) < 4.78 is 11.6. The van der Waals surface area contributed by atoms with Crippen molar-refractivity contribution < 1.29 is 18.3 Å². The van der Waals surface area contributed by atoms with Crippen LogP contribution in [0.2, 0.25) is 0 Å². The monoisotopic (exact) mass is 515 g/mol. The van der Waals surface area contributed by atoms with Gasteiger partial charge in [-0.15, -0.1) is 4.57 Å². The zero-order valence-corrected chi connectivity index (χ0v) is 24.3. The Labute approximate surface area is 229 Å². The highest BCUT2D eigenvalue weighted by atomic mass is 16.5. The van der Waals surface area contributed by atoms with Crippen LogP contribution in [0.1, 0.15) is 18.4 Å². The number of likely N-dealkylation sites (tertiary alicyclic amines) is 1. The van der Waals surface area contributed by atoms with Gasteiger partial charge in [-0.25, -0.2) is 0 Å². The highest BCUT2D eigenvalue weighted by Gasteiger charge is 2.59. The standard InChI is InChI=1S/C32H45N5O/c1-33-28-16-11-12-17-29(28)38-31(33)25-26-18-20-34(27-14-9-8-10-15-27)30(24-26)37(22-13-21-35(2,3)4)23-19-32(37)36(5,6)7/h8-12,14-18,20,24-25,32H,13,19,21-23H2,1-7H3/q+4. The molecule has 0 radical (unpaired) electrons. The number of hydrogen-bond donors (Lipinski definition) is 0. The van der Waals surface area contributed by atoms with Gasteiger partial charge in [0.2, 0.25) is 17.7 Å². The first-order valence-electron chi connectivity index (χ1n) is 13.8. The number of rotatable bonds is 8. The Morgan fingerprint density at radius 2 is 1.68 bits per heavy atom. The van der Waals surface area contributed by atoms with Crippen LogP contribution in [0.25, 0.3) is 11.8 Å². The fourth-order valence-corrected chi connectivity index (χ4v) is 6.21. The number of ether oxygens (including phenoxy) is 1. The van der Waals surface area contributed by atoms with E-state index in [1.165, 1.54) is 24.3 Å². The minimum atomic E-state index is 0.509. The molecule has 5 rings (SSSR count). The van der Waals surface area contributed by atoms with E-state index < -0.39 is 0 Å². The van der Waals surface area contributed by atoms with E-state index in [1.54, 1.807) is 0 Å². The third-order valence-corrected chi connectivity index (χ3v) is 8.15. The Morgan fingerprint density at radius 1 is 0.974 bits per heavy atom. The van der Waals surface area contributed by atoms with Gasteiger partial charge in [-0.1, -0.05) is 30.3 Å². The molecule has 2 atom stereocenters. The number of fused-ring (bicyclic) bond motifs is 1. The summed E-state index contributed by atoms with van der Waals surface area (Å²) in [5, 5.41) is 0. The van der Waals surface area contributed by atoms with E-state index in [0.29, 0.717) is 6.17 Å². The van der Waals surface area contributed by atoms with Crippen molar-refractivity contribution in [1.82, 2.24) is 4.48 Å². The fraction of sp³-hybridized carbons (Fsp3) is 0.406. The molecule has 6 heteroatoms. The van der Waals surface area contributed by atoms with Gasteiger partial charge in [-0.05, 0) is 17.7 Å². The smallest absolute Gasteiger partial charge is 0.380 e. The molecule has 0 aliphatic carbocycles. The molecule has 6 nitrogen and oxygen atoms in total. The molecule has 0 N–H and O–H groups in total. The molecule has 0 bridgehead atoms. The highest BCUT2D eigenvalue weighted by Crippen LogP contribution is 2.40. The molecule has 2 aliphatic rings. The molecule has 0 amide bonds. The van der Waals surface area contributed by atoms with E-state index in [1.807, 2.05) is 12.1 Å².